The molecule has 1 aromatic heterocycles. The number of rotatable bonds is 6. The molecule has 2 N–H and O–H groups in total. The molecule has 0 aliphatic heterocycles. The van der Waals surface area contributed by atoms with Gasteiger partial charge in [-0.05, 0) is 22.4 Å². The quantitative estimate of drug-likeness (QED) is 0.775. The van der Waals surface area contributed by atoms with E-state index in [1.165, 1.54) is 0 Å². The van der Waals surface area contributed by atoms with Gasteiger partial charge in [0.15, 0.2) is 0 Å². The third-order valence-electron chi connectivity index (χ3n) is 2.31. The second kappa shape index (κ2) is 6.00. The summed E-state index contributed by atoms with van der Waals surface area (Å²) >= 11 is 3.50. The molecular weight excluding hydrogens is 274 g/mol. The van der Waals surface area contributed by atoms with Gasteiger partial charge in [-0.1, -0.05) is 6.92 Å². The Morgan fingerprint density at radius 2 is 2.31 bits per heavy atom. The number of hydrogen-bond acceptors (Lipinski definition) is 3. The number of carbonyl (C=O) groups is 1. The molecule has 1 heterocycles. The number of nitrogens with zero attached hydrogens (tertiary/aromatic N) is 2. The molecule has 0 amide bonds. The van der Waals surface area contributed by atoms with Crippen molar-refractivity contribution in [3.05, 3.63) is 15.9 Å². The molecule has 0 aliphatic rings. The molecule has 0 bridgehead atoms. The Bertz CT molecular complexity index is 376. The van der Waals surface area contributed by atoms with Gasteiger partial charge < -0.3 is 10.4 Å². The standard InChI is InChI=1S/C10H16BrN3O2/c1-3-7-10(11)8(14(2)13-7)6-12-5-4-9(15)16/h12H,3-6H2,1-2H3,(H,15,16). The molecule has 0 unspecified atom stereocenters. The van der Waals surface area contributed by atoms with Crippen LogP contribution in [0, 0.1) is 0 Å². The normalized spacial score (nSPS) is 10.7. The third-order valence-corrected chi connectivity index (χ3v) is 3.23. The van der Waals surface area contributed by atoms with Crippen molar-refractivity contribution in [1.82, 2.24) is 15.1 Å². The first-order valence-corrected chi connectivity index (χ1v) is 5.98. The molecule has 0 fully saturated rings. The molecule has 0 aliphatic carbocycles. The highest BCUT2D eigenvalue weighted by Crippen LogP contribution is 2.21. The number of aliphatic carboxylic acids is 1. The van der Waals surface area contributed by atoms with Crippen LogP contribution in [-0.2, 0) is 24.8 Å². The SMILES string of the molecule is CCc1nn(C)c(CNCCC(=O)O)c1Br. The maximum atomic E-state index is 10.3. The number of aryl methyl sites for hydroxylation is 2. The Balaban J connectivity index is 2.53. The van der Waals surface area contributed by atoms with Gasteiger partial charge in [-0.3, -0.25) is 9.48 Å². The number of nitrogens with one attached hydrogen (secondary N) is 1. The van der Waals surface area contributed by atoms with Crippen molar-refractivity contribution in [1.29, 1.82) is 0 Å². The van der Waals surface area contributed by atoms with E-state index in [9.17, 15) is 4.79 Å². The van der Waals surface area contributed by atoms with Crippen LogP contribution in [-0.4, -0.2) is 27.4 Å². The van der Waals surface area contributed by atoms with Crippen molar-refractivity contribution in [2.75, 3.05) is 6.54 Å². The zero-order chi connectivity index (χ0) is 12.1. The van der Waals surface area contributed by atoms with E-state index in [2.05, 4.69) is 33.3 Å². The Morgan fingerprint density at radius 1 is 1.62 bits per heavy atom. The summed E-state index contributed by atoms with van der Waals surface area (Å²) in [5.74, 6) is -0.786. The zero-order valence-electron chi connectivity index (χ0n) is 9.46. The first-order valence-electron chi connectivity index (χ1n) is 5.19. The fourth-order valence-electron chi connectivity index (χ4n) is 1.41. The average molecular weight is 290 g/mol. The first kappa shape index (κ1) is 13.2. The monoisotopic (exact) mass is 289 g/mol. The molecule has 90 valence electrons. The van der Waals surface area contributed by atoms with Crippen molar-refractivity contribution in [3.8, 4) is 0 Å². The molecule has 0 saturated carbocycles. The van der Waals surface area contributed by atoms with Crippen LogP contribution in [0.1, 0.15) is 24.7 Å². The van der Waals surface area contributed by atoms with Crippen molar-refractivity contribution in [2.24, 2.45) is 7.05 Å². The second-order valence-corrected chi connectivity index (χ2v) is 4.30. The molecule has 0 radical (unpaired) electrons. The van der Waals surface area contributed by atoms with E-state index in [-0.39, 0.29) is 6.42 Å². The lowest BCUT2D eigenvalue weighted by Gasteiger charge is -2.04. The smallest absolute Gasteiger partial charge is 0.304 e. The Hall–Kier alpha value is -0.880. The number of hydrogen-bond donors (Lipinski definition) is 2. The van der Waals surface area contributed by atoms with Crippen molar-refractivity contribution in [3.63, 3.8) is 0 Å². The summed E-state index contributed by atoms with van der Waals surface area (Å²) in [7, 11) is 1.89. The van der Waals surface area contributed by atoms with Crippen molar-refractivity contribution >= 4 is 21.9 Å². The highest BCUT2D eigenvalue weighted by molar-refractivity contribution is 9.10. The summed E-state index contributed by atoms with van der Waals surface area (Å²) in [5, 5.41) is 15.9. The first-order chi connectivity index (χ1) is 7.56. The summed E-state index contributed by atoms with van der Waals surface area (Å²) in [6.07, 6.45) is 1.01. The van der Waals surface area contributed by atoms with Crippen LogP contribution in [0.25, 0.3) is 0 Å². The molecule has 16 heavy (non-hydrogen) atoms. The van der Waals surface area contributed by atoms with Crippen molar-refractivity contribution < 1.29 is 9.90 Å². The van der Waals surface area contributed by atoms with Gasteiger partial charge in [0.05, 0.1) is 22.3 Å². The van der Waals surface area contributed by atoms with Crippen LogP contribution in [0.4, 0.5) is 0 Å². The fourth-order valence-corrected chi connectivity index (χ4v) is 2.17. The summed E-state index contributed by atoms with van der Waals surface area (Å²) in [4.78, 5) is 10.3. The number of carboxylic acids is 1. The lowest BCUT2D eigenvalue weighted by Crippen LogP contribution is -2.19. The molecule has 0 saturated heterocycles. The van der Waals surface area contributed by atoms with Crippen LogP contribution in [0.5, 0.6) is 0 Å². The van der Waals surface area contributed by atoms with E-state index in [1.54, 1.807) is 0 Å². The van der Waals surface area contributed by atoms with Gasteiger partial charge in [-0.15, -0.1) is 0 Å². The largest absolute Gasteiger partial charge is 0.481 e. The fraction of sp³-hybridized carbons (Fsp3) is 0.600. The van der Waals surface area contributed by atoms with E-state index in [1.807, 2.05) is 11.7 Å². The third kappa shape index (κ3) is 3.31. The molecule has 0 spiro atoms. The maximum absolute atomic E-state index is 10.3. The molecular formula is C10H16BrN3O2. The summed E-state index contributed by atoms with van der Waals surface area (Å²) in [6, 6.07) is 0. The Morgan fingerprint density at radius 3 is 2.81 bits per heavy atom. The Kier molecular flexibility index (Phi) is 4.95. The van der Waals surface area contributed by atoms with Gasteiger partial charge in [0.25, 0.3) is 0 Å². The highest BCUT2D eigenvalue weighted by atomic mass is 79.9. The predicted molar refractivity (Wildman–Crippen MR) is 64.2 cm³/mol. The van der Waals surface area contributed by atoms with Gasteiger partial charge in [-0.25, -0.2) is 0 Å². The van der Waals surface area contributed by atoms with Gasteiger partial charge in [-0.2, -0.15) is 5.10 Å². The van der Waals surface area contributed by atoms with E-state index in [0.717, 1.165) is 22.3 Å². The summed E-state index contributed by atoms with van der Waals surface area (Å²) < 4.78 is 2.83. The molecule has 0 aromatic carbocycles. The average Bonchev–Trinajstić information content (AvgIpc) is 2.50. The van der Waals surface area contributed by atoms with Crippen LogP contribution < -0.4 is 5.32 Å². The van der Waals surface area contributed by atoms with Crippen LogP contribution in [0.3, 0.4) is 0 Å². The van der Waals surface area contributed by atoms with E-state index >= 15 is 0 Å². The predicted octanol–water partition coefficient (Wildman–Crippen LogP) is 1.31. The highest BCUT2D eigenvalue weighted by Gasteiger charge is 2.11. The van der Waals surface area contributed by atoms with Gasteiger partial charge in [0, 0.05) is 20.1 Å². The summed E-state index contributed by atoms with van der Waals surface area (Å²) in [6.45, 7) is 3.14. The van der Waals surface area contributed by atoms with E-state index in [4.69, 9.17) is 5.11 Å². The zero-order valence-corrected chi connectivity index (χ0v) is 11.0. The van der Waals surface area contributed by atoms with E-state index < -0.39 is 5.97 Å². The lowest BCUT2D eigenvalue weighted by molar-refractivity contribution is -0.136. The minimum atomic E-state index is -0.786. The molecule has 0 atom stereocenters. The number of carboxylic acid groups (broad SMARTS) is 1. The van der Waals surface area contributed by atoms with Gasteiger partial charge in [0.1, 0.15) is 0 Å². The Labute approximate surface area is 103 Å². The molecule has 1 aromatic rings. The van der Waals surface area contributed by atoms with Gasteiger partial charge in [0.2, 0.25) is 0 Å². The lowest BCUT2D eigenvalue weighted by atomic mass is 10.3. The second-order valence-electron chi connectivity index (χ2n) is 3.51. The van der Waals surface area contributed by atoms with Crippen LogP contribution >= 0.6 is 15.9 Å². The number of halogens is 1. The van der Waals surface area contributed by atoms with Crippen LogP contribution in [0.15, 0.2) is 4.47 Å². The van der Waals surface area contributed by atoms with E-state index in [0.29, 0.717) is 13.1 Å². The van der Waals surface area contributed by atoms with Gasteiger partial charge >= 0.3 is 5.97 Å². The maximum Gasteiger partial charge on any atom is 0.304 e. The summed E-state index contributed by atoms with van der Waals surface area (Å²) in [5.41, 5.74) is 2.07. The minimum absolute atomic E-state index is 0.135. The molecule has 5 nitrogen and oxygen atoms in total. The topological polar surface area (TPSA) is 67.2 Å². The number of aromatic nitrogens is 2. The van der Waals surface area contributed by atoms with Crippen molar-refractivity contribution in [2.45, 2.75) is 26.3 Å². The van der Waals surface area contributed by atoms with Crippen LogP contribution in [0.2, 0.25) is 0 Å². The molecule has 1 rings (SSSR count). The molecule has 6 heteroatoms. The minimum Gasteiger partial charge on any atom is -0.481 e.